The van der Waals surface area contributed by atoms with Gasteiger partial charge in [0.15, 0.2) is 0 Å². The van der Waals surface area contributed by atoms with Crippen LogP contribution in [0.3, 0.4) is 0 Å². The van der Waals surface area contributed by atoms with Crippen LogP contribution in [0.15, 0.2) is 0 Å². The van der Waals surface area contributed by atoms with Crippen LogP contribution in [0.1, 0.15) is 46.0 Å². The zero-order chi connectivity index (χ0) is 7.61. The maximum absolute atomic E-state index is 3.74. The molecule has 1 fully saturated rings. The molecule has 1 aliphatic carbocycles. The lowest BCUT2D eigenvalue weighted by Gasteiger charge is -2.31. The van der Waals surface area contributed by atoms with Crippen molar-refractivity contribution in [1.29, 1.82) is 0 Å². The third-order valence-electron chi connectivity index (χ3n) is 2.58. The molecule has 0 heterocycles. The zero-order valence-electron chi connectivity index (χ0n) is 6.99. The van der Waals surface area contributed by atoms with Crippen molar-refractivity contribution in [2.24, 2.45) is 5.92 Å². The molecule has 0 aliphatic heterocycles. The van der Waals surface area contributed by atoms with E-state index in [0.29, 0.717) is 4.32 Å². The molecule has 10 heavy (non-hydrogen) atoms. The Labute approximate surface area is 72.5 Å². The highest BCUT2D eigenvalue weighted by Gasteiger charge is 2.27. The fraction of sp³-hybridized carbons (Fsp3) is 1.00. The van der Waals surface area contributed by atoms with E-state index in [4.69, 9.17) is 0 Å². The standard InChI is InChI=1S/C9H17Br/c1-9(2,10)8-6-4-3-5-7-8/h8H,3-7H2,1-2H3. The number of hydrogen-bond acceptors (Lipinski definition) is 0. The second kappa shape index (κ2) is 3.25. The molecule has 0 bridgehead atoms. The lowest BCUT2D eigenvalue weighted by atomic mass is 9.82. The van der Waals surface area contributed by atoms with Crippen molar-refractivity contribution < 1.29 is 0 Å². The highest BCUT2D eigenvalue weighted by molar-refractivity contribution is 9.10. The number of rotatable bonds is 1. The van der Waals surface area contributed by atoms with Gasteiger partial charge >= 0.3 is 0 Å². The number of alkyl halides is 1. The van der Waals surface area contributed by atoms with E-state index < -0.39 is 0 Å². The molecule has 0 spiro atoms. The van der Waals surface area contributed by atoms with Crippen LogP contribution in [0, 0.1) is 5.92 Å². The van der Waals surface area contributed by atoms with Crippen LogP contribution in [0.4, 0.5) is 0 Å². The summed E-state index contributed by atoms with van der Waals surface area (Å²) in [5, 5.41) is 0. The normalized spacial score (nSPS) is 23.1. The van der Waals surface area contributed by atoms with Crippen LogP contribution >= 0.6 is 15.9 Å². The smallest absolute Gasteiger partial charge is 0.0229 e. The highest BCUT2D eigenvalue weighted by atomic mass is 79.9. The van der Waals surface area contributed by atoms with Crippen molar-refractivity contribution in [3.8, 4) is 0 Å². The van der Waals surface area contributed by atoms with Crippen molar-refractivity contribution in [1.82, 2.24) is 0 Å². The van der Waals surface area contributed by atoms with Crippen LogP contribution in [-0.2, 0) is 0 Å². The number of halogens is 1. The second-order valence-corrected chi connectivity index (χ2v) is 5.94. The Bertz CT molecular complexity index is 95.8. The van der Waals surface area contributed by atoms with Crippen LogP contribution in [0.5, 0.6) is 0 Å². The van der Waals surface area contributed by atoms with Gasteiger partial charge in [-0.3, -0.25) is 0 Å². The van der Waals surface area contributed by atoms with Gasteiger partial charge in [0.25, 0.3) is 0 Å². The summed E-state index contributed by atoms with van der Waals surface area (Å²) in [6.07, 6.45) is 7.20. The van der Waals surface area contributed by atoms with Crippen molar-refractivity contribution in [2.75, 3.05) is 0 Å². The van der Waals surface area contributed by atoms with Gasteiger partial charge in [-0.2, -0.15) is 0 Å². The molecule has 0 nitrogen and oxygen atoms in total. The Kier molecular flexibility index (Phi) is 2.79. The van der Waals surface area contributed by atoms with Crippen LogP contribution in [0.2, 0.25) is 0 Å². The molecule has 0 N–H and O–H groups in total. The molecule has 1 aliphatic rings. The van der Waals surface area contributed by atoms with Gasteiger partial charge in [0.1, 0.15) is 0 Å². The molecule has 0 unspecified atom stereocenters. The van der Waals surface area contributed by atoms with E-state index in [1.807, 2.05) is 0 Å². The van der Waals surface area contributed by atoms with E-state index in [1.54, 1.807) is 0 Å². The Balaban J connectivity index is 2.39. The van der Waals surface area contributed by atoms with Crippen molar-refractivity contribution in [3.05, 3.63) is 0 Å². The van der Waals surface area contributed by atoms with Gasteiger partial charge in [0.05, 0.1) is 0 Å². The first-order chi connectivity index (χ1) is 4.61. The van der Waals surface area contributed by atoms with Crippen molar-refractivity contribution >= 4 is 15.9 Å². The molecule has 0 atom stereocenters. The van der Waals surface area contributed by atoms with E-state index in [0.717, 1.165) is 5.92 Å². The van der Waals surface area contributed by atoms with Gasteiger partial charge in [-0.15, -0.1) is 0 Å². The van der Waals surface area contributed by atoms with E-state index in [2.05, 4.69) is 29.8 Å². The largest absolute Gasteiger partial charge is 0.0856 e. The summed E-state index contributed by atoms with van der Waals surface area (Å²) in [5.41, 5.74) is 0. The van der Waals surface area contributed by atoms with Gasteiger partial charge in [-0.05, 0) is 32.6 Å². The lowest BCUT2D eigenvalue weighted by molar-refractivity contribution is 0.308. The fourth-order valence-electron chi connectivity index (χ4n) is 1.79. The lowest BCUT2D eigenvalue weighted by Crippen LogP contribution is -2.25. The highest BCUT2D eigenvalue weighted by Crippen LogP contribution is 2.37. The molecular formula is C9H17Br. The Morgan fingerprint density at radius 1 is 1.10 bits per heavy atom. The minimum absolute atomic E-state index is 0.382. The summed E-state index contributed by atoms with van der Waals surface area (Å²) < 4.78 is 0.382. The predicted octanol–water partition coefficient (Wildman–Crippen LogP) is 3.74. The molecule has 1 rings (SSSR count). The maximum atomic E-state index is 3.74. The SMILES string of the molecule is CC(C)(Br)C1CCCCC1. The van der Waals surface area contributed by atoms with Crippen LogP contribution in [0.25, 0.3) is 0 Å². The Morgan fingerprint density at radius 2 is 1.60 bits per heavy atom. The van der Waals surface area contributed by atoms with Gasteiger partial charge in [-0.1, -0.05) is 35.2 Å². The third-order valence-corrected chi connectivity index (χ3v) is 3.22. The molecular weight excluding hydrogens is 188 g/mol. The Hall–Kier alpha value is 0.480. The van der Waals surface area contributed by atoms with Gasteiger partial charge in [0, 0.05) is 4.32 Å². The molecule has 0 radical (unpaired) electrons. The average Bonchev–Trinajstić information content (AvgIpc) is 1.88. The van der Waals surface area contributed by atoms with E-state index >= 15 is 0 Å². The first-order valence-electron chi connectivity index (χ1n) is 4.29. The second-order valence-electron chi connectivity index (χ2n) is 3.90. The monoisotopic (exact) mass is 204 g/mol. The molecule has 0 aromatic carbocycles. The zero-order valence-corrected chi connectivity index (χ0v) is 8.58. The molecule has 0 aromatic rings. The van der Waals surface area contributed by atoms with E-state index in [1.165, 1.54) is 32.1 Å². The molecule has 1 heteroatoms. The summed E-state index contributed by atoms with van der Waals surface area (Å²) >= 11 is 3.74. The molecule has 1 saturated carbocycles. The number of hydrogen-bond donors (Lipinski definition) is 0. The summed E-state index contributed by atoms with van der Waals surface area (Å²) in [5.74, 6) is 0.918. The van der Waals surface area contributed by atoms with Crippen LogP contribution < -0.4 is 0 Å². The van der Waals surface area contributed by atoms with E-state index in [-0.39, 0.29) is 0 Å². The van der Waals surface area contributed by atoms with Crippen LogP contribution in [-0.4, -0.2) is 4.32 Å². The molecule has 0 saturated heterocycles. The van der Waals surface area contributed by atoms with Gasteiger partial charge in [-0.25, -0.2) is 0 Å². The fourth-order valence-corrected chi connectivity index (χ4v) is 2.25. The quantitative estimate of drug-likeness (QED) is 0.572. The minimum Gasteiger partial charge on any atom is -0.0856 e. The maximum Gasteiger partial charge on any atom is 0.0229 e. The minimum atomic E-state index is 0.382. The predicted molar refractivity (Wildman–Crippen MR) is 49.6 cm³/mol. The van der Waals surface area contributed by atoms with Gasteiger partial charge in [0.2, 0.25) is 0 Å². The summed E-state index contributed by atoms with van der Waals surface area (Å²) in [4.78, 5) is 0. The summed E-state index contributed by atoms with van der Waals surface area (Å²) in [6, 6.07) is 0. The molecule has 0 amide bonds. The van der Waals surface area contributed by atoms with Crippen molar-refractivity contribution in [2.45, 2.75) is 50.3 Å². The Morgan fingerprint density at radius 3 is 1.90 bits per heavy atom. The first kappa shape index (κ1) is 8.58. The summed E-state index contributed by atoms with van der Waals surface area (Å²) in [7, 11) is 0. The van der Waals surface area contributed by atoms with E-state index in [9.17, 15) is 0 Å². The average molecular weight is 205 g/mol. The first-order valence-corrected chi connectivity index (χ1v) is 5.09. The summed E-state index contributed by atoms with van der Waals surface area (Å²) in [6.45, 7) is 4.59. The molecule has 0 aromatic heterocycles. The van der Waals surface area contributed by atoms with Gasteiger partial charge < -0.3 is 0 Å². The molecule has 60 valence electrons. The van der Waals surface area contributed by atoms with Crippen molar-refractivity contribution in [3.63, 3.8) is 0 Å². The topological polar surface area (TPSA) is 0 Å². The third kappa shape index (κ3) is 2.26.